The Kier molecular flexibility index (Phi) is 14.3. The molecule has 2 aromatic rings. The number of hydrogen-bond acceptors (Lipinski definition) is 10. The van der Waals surface area contributed by atoms with Gasteiger partial charge in [-0.05, 0) is 24.3 Å². The van der Waals surface area contributed by atoms with Gasteiger partial charge in [-0.1, -0.05) is 107 Å². The number of ether oxygens (including phenoxy) is 1. The first-order valence-corrected chi connectivity index (χ1v) is 14.6. The summed E-state index contributed by atoms with van der Waals surface area (Å²) in [5, 5.41) is 56.1. The van der Waals surface area contributed by atoms with Gasteiger partial charge in [0, 0.05) is 5.39 Å². The van der Waals surface area contributed by atoms with Crippen molar-refractivity contribution in [2.75, 3.05) is 0 Å². The van der Waals surface area contributed by atoms with Crippen LogP contribution in [0.2, 0.25) is 0 Å². The summed E-state index contributed by atoms with van der Waals surface area (Å²) in [6.07, 6.45) is 10.4. The van der Waals surface area contributed by atoms with Gasteiger partial charge in [0.05, 0.1) is 11.3 Å². The van der Waals surface area contributed by atoms with E-state index in [-0.39, 0.29) is 24.3 Å². The average molecular weight is 593 g/mol. The monoisotopic (exact) mass is 592 g/mol. The maximum absolute atomic E-state index is 11.5. The molecule has 14 heteroatoms. The Bertz CT molecular complexity index is 1160. The summed E-state index contributed by atoms with van der Waals surface area (Å²) in [4.78, 5) is 39.5. The first-order chi connectivity index (χ1) is 20.1. The number of unbranched alkanes of at least 4 members (excludes halogenated alkanes) is 13. The highest BCUT2D eigenvalue weighted by Gasteiger charge is 2.69. The summed E-state index contributed by atoms with van der Waals surface area (Å²) < 4.78 is 5.55. The summed E-state index contributed by atoms with van der Waals surface area (Å²) in [6.45, 7) is 0. The first-order valence-electron chi connectivity index (χ1n) is 14.6. The van der Waals surface area contributed by atoms with E-state index in [4.69, 9.17) is 4.74 Å². The third kappa shape index (κ3) is 10.1. The summed E-state index contributed by atoms with van der Waals surface area (Å²) >= 11 is 0. The number of nitrogens with zero attached hydrogens (tertiary/aromatic N) is 4. The Morgan fingerprint density at radius 3 is 1.57 bits per heavy atom. The molecular formula is C28H40N4O10. The zero-order chi connectivity index (χ0) is 31.0. The predicted molar refractivity (Wildman–Crippen MR) is 155 cm³/mol. The third-order valence-electron chi connectivity index (χ3n) is 7.45. The van der Waals surface area contributed by atoms with Crippen LogP contribution in [0.1, 0.15) is 103 Å². The summed E-state index contributed by atoms with van der Waals surface area (Å²) in [6, 6.07) is 10.5. The Morgan fingerprint density at radius 1 is 0.643 bits per heavy atom. The van der Waals surface area contributed by atoms with Crippen molar-refractivity contribution in [3.63, 3.8) is 0 Å². The molecule has 0 spiro atoms. The lowest BCUT2D eigenvalue weighted by molar-refractivity contribution is -0.970. The maximum Gasteiger partial charge on any atom is 0.699 e. The number of nitro groups is 4. The molecule has 14 nitrogen and oxygen atoms in total. The standard InChI is InChI=1S/C28H40N4O10/c33-27-24-18-15-14-17-23(24)20-21-25(27)42-26(29(34)35)19-13-11-9-7-5-3-1-2-4-6-8-10-12-16-22-28(30(36)37,31(38)39)32(40)41/h14-15,17-18,20-21,26,33H,1-13,16,19,22H2. The van der Waals surface area contributed by atoms with Crippen LogP contribution in [0.3, 0.4) is 0 Å². The molecule has 0 aliphatic carbocycles. The van der Waals surface area contributed by atoms with Crippen LogP contribution < -0.4 is 4.74 Å². The molecule has 232 valence electrons. The number of benzene rings is 2. The molecule has 42 heavy (non-hydrogen) atoms. The number of rotatable bonds is 23. The Hall–Kier alpha value is -4.10. The van der Waals surface area contributed by atoms with Gasteiger partial charge in [0.15, 0.2) is 32.7 Å². The van der Waals surface area contributed by atoms with E-state index in [1.54, 1.807) is 24.3 Å². The summed E-state index contributed by atoms with van der Waals surface area (Å²) in [5.41, 5.74) is 0. The minimum Gasteiger partial charge on any atom is -0.504 e. The number of fused-ring (bicyclic) bond motifs is 1. The van der Waals surface area contributed by atoms with Gasteiger partial charge in [-0.25, -0.2) is 0 Å². The number of hydrogen-bond donors (Lipinski definition) is 1. The number of phenolic OH excluding ortho intramolecular Hbond substituents is 1. The van der Waals surface area contributed by atoms with Crippen LogP contribution in [0.4, 0.5) is 0 Å². The van der Waals surface area contributed by atoms with Crippen molar-refractivity contribution in [2.24, 2.45) is 0 Å². The molecule has 0 amide bonds. The highest BCUT2D eigenvalue weighted by Crippen LogP contribution is 2.35. The topological polar surface area (TPSA) is 202 Å². The molecule has 2 rings (SSSR count). The van der Waals surface area contributed by atoms with E-state index in [2.05, 4.69) is 0 Å². The van der Waals surface area contributed by atoms with E-state index < -0.39 is 38.1 Å². The van der Waals surface area contributed by atoms with Crippen molar-refractivity contribution in [1.82, 2.24) is 0 Å². The normalized spacial score (nSPS) is 12.2. The third-order valence-corrected chi connectivity index (χ3v) is 7.45. The Labute approximate surface area is 243 Å². The molecule has 2 aromatic carbocycles. The minimum absolute atomic E-state index is 0.0523. The molecule has 0 saturated carbocycles. The van der Waals surface area contributed by atoms with Crippen molar-refractivity contribution in [1.29, 1.82) is 0 Å². The van der Waals surface area contributed by atoms with Gasteiger partial charge in [-0.3, -0.25) is 40.5 Å². The van der Waals surface area contributed by atoms with Gasteiger partial charge in [0.25, 0.3) is 0 Å². The molecule has 0 aliphatic rings. The Morgan fingerprint density at radius 2 is 1.10 bits per heavy atom. The van der Waals surface area contributed by atoms with Crippen molar-refractivity contribution in [3.05, 3.63) is 76.9 Å². The van der Waals surface area contributed by atoms with E-state index in [9.17, 15) is 45.6 Å². The van der Waals surface area contributed by atoms with Crippen molar-refractivity contribution >= 4 is 10.8 Å². The fourth-order valence-corrected chi connectivity index (χ4v) is 4.96. The van der Waals surface area contributed by atoms with Crippen molar-refractivity contribution in [2.45, 2.75) is 115 Å². The van der Waals surface area contributed by atoms with Gasteiger partial charge in [0.2, 0.25) is 0 Å². The Balaban J connectivity index is 1.49. The molecular weight excluding hydrogens is 552 g/mol. The van der Waals surface area contributed by atoms with Gasteiger partial charge in [-0.2, -0.15) is 0 Å². The molecule has 1 atom stereocenters. The van der Waals surface area contributed by atoms with Crippen LogP contribution in [-0.2, 0) is 0 Å². The molecule has 0 aliphatic heterocycles. The molecule has 0 saturated heterocycles. The summed E-state index contributed by atoms with van der Waals surface area (Å²) in [5.74, 6) is -3.33. The molecule has 0 bridgehead atoms. The van der Waals surface area contributed by atoms with Crippen LogP contribution in [0.15, 0.2) is 36.4 Å². The second kappa shape index (κ2) is 17.7. The van der Waals surface area contributed by atoms with E-state index >= 15 is 0 Å². The van der Waals surface area contributed by atoms with E-state index in [1.807, 2.05) is 12.1 Å². The van der Waals surface area contributed by atoms with Crippen LogP contribution in [0.25, 0.3) is 10.8 Å². The molecule has 0 fully saturated rings. The fraction of sp³-hybridized carbons (Fsp3) is 0.643. The lowest BCUT2D eigenvalue weighted by Crippen LogP contribution is -2.53. The summed E-state index contributed by atoms with van der Waals surface area (Å²) in [7, 11) is 0. The first kappa shape index (κ1) is 34.1. The molecule has 1 N–H and O–H groups in total. The van der Waals surface area contributed by atoms with Gasteiger partial charge in [-0.15, -0.1) is 0 Å². The van der Waals surface area contributed by atoms with Crippen molar-refractivity contribution in [3.8, 4) is 11.5 Å². The largest absolute Gasteiger partial charge is 0.699 e. The average Bonchev–Trinajstić information content (AvgIpc) is 2.94. The maximum atomic E-state index is 11.5. The highest BCUT2D eigenvalue weighted by molar-refractivity contribution is 5.90. The van der Waals surface area contributed by atoms with Crippen LogP contribution in [-0.4, -0.2) is 36.8 Å². The van der Waals surface area contributed by atoms with E-state index in [1.165, 1.54) is 0 Å². The highest BCUT2D eigenvalue weighted by atomic mass is 16.7. The molecule has 1 unspecified atom stereocenters. The lowest BCUT2D eigenvalue weighted by Gasteiger charge is -2.14. The van der Waals surface area contributed by atoms with Crippen LogP contribution in [0.5, 0.6) is 11.5 Å². The van der Waals surface area contributed by atoms with Crippen molar-refractivity contribution < 1.29 is 29.5 Å². The molecule has 0 heterocycles. The van der Waals surface area contributed by atoms with Gasteiger partial charge >= 0.3 is 12.0 Å². The second-order valence-electron chi connectivity index (χ2n) is 10.5. The SMILES string of the molecule is O=[N+]([O-])C(CCCCCCCCCCCCCCCCC([N+](=O)[O-])([N+](=O)[O-])[N+](=O)[O-])Oc1ccc2ccccc2c1O. The van der Waals surface area contributed by atoms with Gasteiger partial charge < -0.3 is 9.84 Å². The minimum atomic E-state index is -3.35. The predicted octanol–water partition coefficient (Wildman–Crippen LogP) is 7.25. The fourth-order valence-electron chi connectivity index (χ4n) is 4.96. The lowest BCUT2D eigenvalue weighted by atomic mass is 10.0. The second-order valence-corrected chi connectivity index (χ2v) is 10.5. The quantitative estimate of drug-likeness (QED) is 0.0592. The van der Waals surface area contributed by atoms with Gasteiger partial charge in [0.1, 0.15) is 0 Å². The number of phenols is 1. The molecule has 0 aromatic heterocycles. The smallest absolute Gasteiger partial charge is 0.504 e. The van der Waals surface area contributed by atoms with Crippen LogP contribution in [0, 0.1) is 40.5 Å². The zero-order valence-electron chi connectivity index (χ0n) is 23.8. The number of aromatic hydroxyl groups is 1. The van der Waals surface area contributed by atoms with E-state index in [0.717, 1.165) is 76.0 Å². The van der Waals surface area contributed by atoms with E-state index in [0.29, 0.717) is 18.2 Å². The molecule has 0 radical (unpaired) electrons. The zero-order valence-corrected chi connectivity index (χ0v) is 23.8. The van der Waals surface area contributed by atoms with Crippen LogP contribution >= 0.6 is 0 Å².